The highest BCUT2D eigenvalue weighted by atomic mass is 14.9. The van der Waals surface area contributed by atoms with E-state index >= 15 is 0 Å². The first kappa shape index (κ1) is 13.0. The first-order valence-corrected chi connectivity index (χ1v) is 7.06. The van der Waals surface area contributed by atoms with Crippen LogP contribution in [-0.2, 0) is 0 Å². The maximum atomic E-state index is 3.53. The van der Waals surface area contributed by atoms with Crippen LogP contribution in [0.2, 0.25) is 0 Å². The van der Waals surface area contributed by atoms with Crippen molar-refractivity contribution in [2.45, 2.75) is 77.7 Å². The van der Waals surface area contributed by atoms with E-state index in [2.05, 4.69) is 19.2 Å². The van der Waals surface area contributed by atoms with Crippen LogP contribution < -0.4 is 5.32 Å². The molecule has 1 fully saturated rings. The van der Waals surface area contributed by atoms with Gasteiger partial charge in [0.05, 0.1) is 0 Å². The van der Waals surface area contributed by atoms with Gasteiger partial charge in [-0.25, -0.2) is 0 Å². The molecule has 1 N–H and O–H groups in total. The van der Waals surface area contributed by atoms with Crippen LogP contribution >= 0.6 is 0 Å². The molecule has 1 nitrogen and oxygen atoms in total. The molecule has 1 heterocycles. The number of rotatable bonds is 7. The zero-order chi connectivity index (χ0) is 10.9. The summed E-state index contributed by atoms with van der Waals surface area (Å²) in [5.74, 6) is 1.02. The van der Waals surface area contributed by atoms with E-state index in [1.807, 2.05) is 0 Å². The Morgan fingerprint density at radius 3 is 2.53 bits per heavy atom. The Morgan fingerprint density at radius 1 is 1.07 bits per heavy atom. The van der Waals surface area contributed by atoms with Gasteiger partial charge in [-0.05, 0) is 32.2 Å². The monoisotopic (exact) mass is 211 g/mol. The summed E-state index contributed by atoms with van der Waals surface area (Å²) >= 11 is 0. The molecule has 0 spiro atoms. The van der Waals surface area contributed by atoms with Gasteiger partial charge in [-0.1, -0.05) is 51.9 Å². The first-order chi connectivity index (χ1) is 7.33. The van der Waals surface area contributed by atoms with E-state index in [4.69, 9.17) is 0 Å². The quantitative estimate of drug-likeness (QED) is 0.624. The molecule has 0 aromatic heterocycles. The molecule has 0 bridgehead atoms. The summed E-state index contributed by atoms with van der Waals surface area (Å²) in [4.78, 5) is 0. The van der Waals surface area contributed by atoms with Crippen LogP contribution in [-0.4, -0.2) is 12.6 Å². The van der Waals surface area contributed by atoms with E-state index < -0.39 is 0 Å². The number of hydrogen-bond donors (Lipinski definition) is 1. The second-order valence-corrected chi connectivity index (χ2v) is 5.30. The van der Waals surface area contributed by atoms with Crippen LogP contribution in [0.5, 0.6) is 0 Å². The third-order valence-corrected chi connectivity index (χ3v) is 3.70. The van der Waals surface area contributed by atoms with Crippen molar-refractivity contribution < 1.29 is 0 Å². The van der Waals surface area contributed by atoms with E-state index in [0.29, 0.717) is 0 Å². The Kier molecular flexibility index (Phi) is 7.08. The molecule has 1 aliphatic heterocycles. The van der Waals surface area contributed by atoms with Gasteiger partial charge in [-0.2, -0.15) is 0 Å². The van der Waals surface area contributed by atoms with Crippen LogP contribution in [0.25, 0.3) is 0 Å². The molecule has 0 aliphatic carbocycles. The minimum atomic E-state index is 0.767. The van der Waals surface area contributed by atoms with Gasteiger partial charge < -0.3 is 5.32 Å². The average Bonchev–Trinajstić information content (AvgIpc) is 2.23. The van der Waals surface area contributed by atoms with Crippen LogP contribution in [0, 0.1) is 5.92 Å². The third kappa shape index (κ3) is 6.19. The molecule has 0 aromatic rings. The second-order valence-electron chi connectivity index (χ2n) is 5.30. The number of unbranched alkanes of at least 4 members (excludes halogenated alkanes) is 5. The Labute approximate surface area is 96.0 Å². The Morgan fingerprint density at radius 2 is 1.80 bits per heavy atom. The Bertz CT molecular complexity index is 144. The summed E-state index contributed by atoms with van der Waals surface area (Å²) in [6.45, 7) is 5.87. The van der Waals surface area contributed by atoms with Gasteiger partial charge in [-0.15, -0.1) is 0 Å². The zero-order valence-corrected chi connectivity index (χ0v) is 10.7. The van der Waals surface area contributed by atoms with Gasteiger partial charge in [0.15, 0.2) is 0 Å². The fourth-order valence-electron chi connectivity index (χ4n) is 2.71. The minimum absolute atomic E-state index is 0.767. The lowest BCUT2D eigenvalue weighted by Gasteiger charge is -2.27. The fraction of sp³-hybridized carbons (Fsp3) is 1.00. The van der Waals surface area contributed by atoms with Gasteiger partial charge in [0, 0.05) is 6.04 Å². The van der Waals surface area contributed by atoms with Crippen molar-refractivity contribution in [1.29, 1.82) is 0 Å². The molecule has 0 amide bonds. The average molecular weight is 211 g/mol. The molecule has 1 heteroatoms. The summed E-state index contributed by atoms with van der Waals surface area (Å²) in [5, 5.41) is 3.53. The first-order valence-electron chi connectivity index (χ1n) is 7.06. The van der Waals surface area contributed by atoms with Crippen LogP contribution in [0.15, 0.2) is 0 Å². The van der Waals surface area contributed by atoms with Crippen molar-refractivity contribution >= 4 is 0 Å². The Hall–Kier alpha value is -0.0400. The lowest BCUT2D eigenvalue weighted by molar-refractivity contribution is 0.293. The molecule has 1 rings (SSSR count). The second kappa shape index (κ2) is 8.15. The molecule has 0 aromatic carbocycles. The highest BCUT2D eigenvalue weighted by molar-refractivity contribution is 4.74. The van der Waals surface area contributed by atoms with Crippen LogP contribution in [0.1, 0.15) is 71.6 Å². The van der Waals surface area contributed by atoms with Gasteiger partial charge >= 0.3 is 0 Å². The van der Waals surface area contributed by atoms with Gasteiger partial charge in [0.1, 0.15) is 0 Å². The molecule has 1 saturated heterocycles. The Balaban J connectivity index is 1.90. The normalized spacial score (nSPS) is 26.8. The smallest absolute Gasteiger partial charge is 0.00413 e. The van der Waals surface area contributed by atoms with Crippen molar-refractivity contribution in [2.75, 3.05) is 6.54 Å². The topological polar surface area (TPSA) is 12.0 Å². The van der Waals surface area contributed by atoms with E-state index in [-0.39, 0.29) is 0 Å². The molecular weight excluding hydrogens is 182 g/mol. The van der Waals surface area contributed by atoms with Gasteiger partial charge in [0.2, 0.25) is 0 Å². The number of hydrogen-bond acceptors (Lipinski definition) is 1. The van der Waals surface area contributed by atoms with Gasteiger partial charge in [-0.3, -0.25) is 0 Å². The predicted octanol–water partition coefficient (Wildman–Crippen LogP) is 4.13. The lowest BCUT2D eigenvalue weighted by Crippen LogP contribution is -2.35. The highest BCUT2D eigenvalue weighted by Crippen LogP contribution is 2.22. The minimum Gasteiger partial charge on any atom is -0.314 e. The molecular formula is C14H29N. The van der Waals surface area contributed by atoms with Crippen LogP contribution in [0.3, 0.4) is 0 Å². The summed E-state index contributed by atoms with van der Waals surface area (Å²) < 4.78 is 0. The summed E-state index contributed by atoms with van der Waals surface area (Å²) in [6.07, 6.45) is 13.0. The molecule has 0 radical (unpaired) electrons. The summed E-state index contributed by atoms with van der Waals surface area (Å²) in [7, 11) is 0. The van der Waals surface area contributed by atoms with E-state index in [0.717, 1.165) is 12.0 Å². The van der Waals surface area contributed by atoms with E-state index in [9.17, 15) is 0 Å². The van der Waals surface area contributed by atoms with Crippen molar-refractivity contribution in [3.05, 3.63) is 0 Å². The zero-order valence-electron chi connectivity index (χ0n) is 10.7. The maximum absolute atomic E-state index is 3.53. The SMILES string of the molecule is CCCCCCCCC1CCNC(C)C1. The van der Waals surface area contributed by atoms with Crippen molar-refractivity contribution in [3.8, 4) is 0 Å². The number of nitrogens with one attached hydrogen (secondary N) is 1. The summed E-state index contributed by atoms with van der Waals surface area (Å²) in [5.41, 5.74) is 0. The molecule has 90 valence electrons. The maximum Gasteiger partial charge on any atom is 0.00413 e. The third-order valence-electron chi connectivity index (χ3n) is 3.70. The van der Waals surface area contributed by atoms with Crippen molar-refractivity contribution in [2.24, 2.45) is 5.92 Å². The molecule has 1 aliphatic rings. The van der Waals surface area contributed by atoms with Crippen molar-refractivity contribution in [3.63, 3.8) is 0 Å². The van der Waals surface area contributed by atoms with Crippen LogP contribution in [0.4, 0.5) is 0 Å². The van der Waals surface area contributed by atoms with Gasteiger partial charge in [0.25, 0.3) is 0 Å². The predicted molar refractivity (Wildman–Crippen MR) is 68.2 cm³/mol. The highest BCUT2D eigenvalue weighted by Gasteiger charge is 2.17. The van der Waals surface area contributed by atoms with Crippen molar-refractivity contribution in [1.82, 2.24) is 5.32 Å². The largest absolute Gasteiger partial charge is 0.314 e. The molecule has 15 heavy (non-hydrogen) atoms. The lowest BCUT2D eigenvalue weighted by atomic mass is 9.88. The fourth-order valence-corrected chi connectivity index (χ4v) is 2.71. The summed E-state index contributed by atoms with van der Waals surface area (Å²) in [6, 6.07) is 0.767. The molecule has 0 saturated carbocycles. The standard InChI is InChI=1S/C14H29N/c1-3-4-5-6-7-8-9-14-10-11-15-13(2)12-14/h13-15H,3-12H2,1-2H3. The molecule has 2 unspecified atom stereocenters. The molecule has 2 atom stereocenters. The number of piperidine rings is 1. The van der Waals surface area contributed by atoms with E-state index in [1.165, 1.54) is 64.3 Å². The van der Waals surface area contributed by atoms with E-state index in [1.54, 1.807) is 0 Å².